The van der Waals surface area contributed by atoms with Crippen molar-refractivity contribution in [3.63, 3.8) is 0 Å². The van der Waals surface area contributed by atoms with E-state index in [2.05, 4.69) is 0 Å². The van der Waals surface area contributed by atoms with Gasteiger partial charge in [-0.05, 0) is 35.7 Å². The lowest BCUT2D eigenvalue weighted by Gasteiger charge is -2.06. The lowest BCUT2D eigenvalue weighted by Crippen LogP contribution is -2.03. The summed E-state index contributed by atoms with van der Waals surface area (Å²) in [6.45, 7) is 4.09. The van der Waals surface area contributed by atoms with E-state index >= 15 is 0 Å². The fourth-order valence-corrected chi connectivity index (χ4v) is 2.86. The van der Waals surface area contributed by atoms with E-state index in [1.165, 1.54) is 6.07 Å². The van der Waals surface area contributed by atoms with Gasteiger partial charge in [0.1, 0.15) is 5.82 Å². The summed E-state index contributed by atoms with van der Waals surface area (Å²) in [7, 11) is 0. The number of rotatable bonds is 6. The molecule has 0 atom stereocenters. The van der Waals surface area contributed by atoms with Crippen LogP contribution >= 0.6 is 11.8 Å². The molecule has 0 aromatic heterocycles. The van der Waals surface area contributed by atoms with Gasteiger partial charge in [0.15, 0.2) is 5.78 Å². The molecule has 21 heavy (non-hydrogen) atoms. The van der Waals surface area contributed by atoms with Crippen molar-refractivity contribution in [2.45, 2.75) is 30.9 Å². The number of carbonyl (C=O) groups is 1. The SMILES string of the molecule is CC(C)CC(=O)c1ccc(SCc2cccc(F)c2)cc1. The van der Waals surface area contributed by atoms with Crippen LogP contribution in [0.15, 0.2) is 53.4 Å². The normalized spacial score (nSPS) is 10.9. The number of benzene rings is 2. The smallest absolute Gasteiger partial charge is 0.163 e. The predicted octanol–water partition coefficient (Wildman–Crippen LogP) is 5.35. The lowest BCUT2D eigenvalue weighted by atomic mass is 10.0. The van der Waals surface area contributed by atoms with Crippen molar-refractivity contribution >= 4 is 17.5 Å². The molecule has 1 nitrogen and oxygen atoms in total. The quantitative estimate of drug-likeness (QED) is 0.529. The zero-order valence-corrected chi connectivity index (χ0v) is 13.1. The monoisotopic (exact) mass is 302 g/mol. The number of hydrogen-bond acceptors (Lipinski definition) is 2. The van der Waals surface area contributed by atoms with Gasteiger partial charge in [0, 0.05) is 22.6 Å². The number of Topliss-reactive ketones (excluding diaryl/α,β-unsaturated/α-hetero) is 1. The number of hydrogen-bond donors (Lipinski definition) is 0. The second kappa shape index (κ2) is 7.41. The van der Waals surface area contributed by atoms with E-state index in [-0.39, 0.29) is 11.6 Å². The first-order valence-electron chi connectivity index (χ1n) is 7.05. The van der Waals surface area contributed by atoms with Gasteiger partial charge >= 0.3 is 0 Å². The summed E-state index contributed by atoms with van der Waals surface area (Å²) in [5.74, 6) is 1.07. The third-order valence-corrected chi connectivity index (χ3v) is 4.15. The van der Waals surface area contributed by atoms with Crippen LogP contribution < -0.4 is 0 Å². The van der Waals surface area contributed by atoms with Gasteiger partial charge < -0.3 is 0 Å². The maximum absolute atomic E-state index is 13.1. The Morgan fingerprint density at radius 2 is 1.86 bits per heavy atom. The van der Waals surface area contributed by atoms with Gasteiger partial charge in [-0.2, -0.15) is 0 Å². The van der Waals surface area contributed by atoms with Crippen molar-refractivity contribution in [2.24, 2.45) is 5.92 Å². The molecular formula is C18H19FOS. The summed E-state index contributed by atoms with van der Waals surface area (Å²) >= 11 is 1.64. The van der Waals surface area contributed by atoms with Crippen molar-refractivity contribution in [1.82, 2.24) is 0 Å². The van der Waals surface area contributed by atoms with Crippen LogP contribution in [0.2, 0.25) is 0 Å². The van der Waals surface area contributed by atoms with Gasteiger partial charge in [0.25, 0.3) is 0 Å². The van der Waals surface area contributed by atoms with Crippen LogP contribution in [0.25, 0.3) is 0 Å². The van der Waals surface area contributed by atoms with Crippen LogP contribution in [-0.2, 0) is 5.75 Å². The molecule has 0 aliphatic rings. The Morgan fingerprint density at radius 3 is 2.48 bits per heavy atom. The summed E-state index contributed by atoms with van der Waals surface area (Å²) in [4.78, 5) is 13.0. The molecule has 0 spiro atoms. The van der Waals surface area contributed by atoms with E-state index in [1.807, 2.05) is 44.2 Å². The molecule has 0 saturated heterocycles. The third-order valence-electron chi connectivity index (χ3n) is 3.06. The number of thioether (sulfide) groups is 1. The zero-order chi connectivity index (χ0) is 15.2. The maximum Gasteiger partial charge on any atom is 0.163 e. The Bertz CT molecular complexity index is 605. The maximum atomic E-state index is 13.1. The van der Waals surface area contributed by atoms with E-state index in [9.17, 15) is 9.18 Å². The van der Waals surface area contributed by atoms with Crippen molar-refractivity contribution < 1.29 is 9.18 Å². The zero-order valence-electron chi connectivity index (χ0n) is 12.3. The molecule has 2 aromatic rings. The summed E-state index contributed by atoms with van der Waals surface area (Å²) in [6.07, 6.45) is 0.579. The van der Waals surface area contributed by atoms with Crippen LogP contribution in [0, 0.1) is 11.7 Å². The minimum Gasteiger partial charge on any atom is -0.294 e. The Kier molecular flexibility index (Phi) is 5.57. The van der Waals surface area contributed by atoms with Crippen LogP contribution in [0.1, 0.15) is 36.2 Å². The molecule has 0 saturated carbocycles. The molecule has 0 heterocycles. The minimum absolute atomic E-state index is 0.187. The molecule has 0 N–H and O–H groups in total. The Morgan fingerprint density at radius 1 is 1.14 bits per heavy atom. The van der Waals surface area contributed by atoms with Gasteiger partial charge in [-0.15, -0.1) is 11.8 Å². The van der Waals surface area contributed by atoms with E-state index in [0.717, 1.165) is 21.8 Å². The van der Waals surface area contributed by atoms with Crippen LogP contribution in [0.3, 0.4) is 0 Å². The molecule has 0 bridgehead atoms. The highest BCUT2D eigenvalue weighted by Crippen LogP contribution is 2.24. The average Bonchev–Trinajstić information content (AvgIpc) is 2.45. The Hall–Kier alpha value is -1.61. The summed E-state index contributed by atoms with van der Waals surface area (Å²) in [5.41, 5.74) is 1.72. The summed E-state index contributed by atoms with van der Waals surface area (Å²) in [6, 6.07) is 14.3. The second-order valence-corrected chi connectivity index (χ2v) is 6.51. The van der Waals surface area contributed by atoms with Gasteiger partial charge in [0.05, 0.1) is 0 Å². The van der Waals surface area contributed by atoms with Gasteiger partial charge in [0.2, 0.25) is 0 Å². The highest BCUT2D eigenvalue weighted by atomic mass is 32.2. The summed E-state index contributed by atoms with van der Waals surface area (Å²) < 4.78 is 13.1. The predicted molar refractivity (Wildman–Crippen MR) is 86.2 cm³/mol. The molecule has 110 valence electrons. The van der Waals surface area contributed by atoms with Crippen molar-refractivity contribution in [1.29, 1.82) is 0 Å². The third kappa shape index (κ3) is 5.01. The molecule has 0 amide bonds. The van der Waals surface area contributed by atoms with Gasteiger partial charge in [-0.1, -0.05) is 38.1 Å². The standard InChI is InChI=1S/C18H19FOS/c1-13(2)10-18(20)15-6-8-17(9-7-15)21-12-14-4-3-5-16(19)11-14/h3-9,11,13H,10,12H2,1-2H3. The molecule has 0 aliphatic heterocycles. The van der Waals surface area contributed by atoms with E-state index in [1.54, 1.807) is 23.9 Å². The highest BCUT2D eigenvalue weighted by Gasteiger charge is 2.08. The largest absolute Gasteiger partial charge is 0.294 e. The van der Waals surface area contributed by atoms with Gasteiger partial charge in [-0.25, -0.2) is 4.39 Å². The molecule has 2 rings (SSSR count). The molecule has 0 fully saturated rings. The minimum atomic E-state index is -0.206. The van der Waals surface area contributed by atoms with Crippen molar-refractivity contribution in [2.75, 3.05) is 0 Å². The molecule has 0 aliphatic carbocycles. The molecule has 0 unspecified atom stereocenters. The van der Waals surface area contributed by atoms with E-state index in [4.69, 9.17) is 0 Å². The second-order valence-electron chi connectivity index (χ2n) is 5.46. The van der Waals surface area contributed by atoms with Crippen LogP contribution in [-0.4, -0.2) is 5.78 Å². The first-order chi connectivity index (χ1) is 10.0. The topological polar surface area (TPSA) is 17.1 Å². The highest BCUT2D eigenvalue weighted by molar-refractivity contribution is 7.98. The summed E-state index contributed by atoms with van der Waals surface area (Å²) in [5, 5.41) is 0. The first kappa shape index (κ1) is 15.8. The average molecular weight is 302 g/mol. The molecule has 0 radical (unpaired) electrons. The van der Waals surface area contributed by atoms with Crippen molar-refractivity contribution in [3.05, 3.63) is 65.5 Å². The van der Waals surface area contributed by atoms with Gasteiger partial charge in [-0.3, -0.25) is 4.79 Å². The van der Waals surface area contributed by atoms with Crippen molar-refractivity contribution in [3.8, 4) is 0 Å². The molecular weight excluding hydrogens is 283 g/mol. The number of carbonyl (C=O) groups excluding carboxylic acids is 1. The van der Waals surface area contributed by atoms with E-state index < -0.39 is 0 Å². The van der Waals surface area contributed by atoms with Crippen LogP contribution in [0.4, 0.5) is 4.39 Å². The lowest BCUT2D eigenvalue weighted by molar-refractivity contribution is 0.0968. The first-order valence-corrected chi connectivity index (χ1v) is 8.03. The van der Waals surface area contributed by atoms with Crippen LogP contribution in [0.5, 0.6) is 0 Å². The van der Waals surface area contributed by atoms with E-state index in [0.29, 0.717) is 12.3 Å². The number of ketones is 1. The Labute approximate surface area is 129 Å². The number of halogens is 1. The fourth-order valence-electron chi connectivity index (χ4n) is 2.02. The molecule has 2 aromatic carbocycles. The Balaban J connectivity index is 1.95. The molecule has 3 heteroatoms. The fraction of sp³-hybridized carbons (Fsp3) is 0.278.